The molecule has 0 saturated carbocycles. The molecule has 1 aromatic heterocycles. The Morgan fingerprint density at radius 1 is 1.26 bits per heavy atom. The quantitative estimate of drug-likeness (QED) is 0.687. The molecule has 27 heavy (non-hydrogen) atoms. The fourth-order valence-corrected chi connectivity index (χ4v) is 4.39. The summed E-state index contributed by atoms with van der Waals surface area (Å²) in [4.78, 5) is 19.8. The van der Waals surface area contributed by atoms with Gasteiger partial charge in [-0.1, -0.05) is 6.07 Å². The van der Waals surface area contributed by atoms with Gasteiger partial charge >= 0.3 is 6.09 Å². The number of aryl methyl sites for hydroxylation is 1. The molecular formula is C21H29N3O2S. The Morgan fingerprint density at radius 2 is 2.04 bits per heavy atom. The number of rotatable bonds is 2. The predicted molar refractivity (Wildman–Crippen MR) is 111 cm³/mol. The van der Waals surface area contributed by atoms with Gasteiger partial charge in [0.2, 0.25) is 0 Å². The highest BCUT2D eigenvalue weighted by Crippen LogP contribution is 2.33. The molecule has 1 saturated heterocycles. The van der Waals surface area contributed by atoms with Crippen molar-refractivity contribution in [3.8, 4) is 0 Å². The second kappa shape index (κ2) is 8.07. The smallest absolute Gasteiger partial charge is 0.410 e. The van der Waals surface area contributed by atoms with Crippen LogP contribution in [0.1, 0.15) is 39.7 Å². The Morgan fingerprint density at radius 3 is 2.78 bits per heavy atom. The van der Waals surface area contributed by atoms with Crippen molar-refractivity contribution >= 4 is 28.8 Å². The summed E-state index contributed by atoms with van der Waals surface area (Å²) in [6.07, 6.45) is 4.48. The molecule has 6 heteroatoms. The first-order valence-corrected chi connectivity index (χ1v) is 10.3. The second-order valence-corrected chi connectivity index (χ2v) is 9.24. The maximum Gasteiger partial charge on any atom is 0.410 e. The molecule has 0 spiro atoms. The molecular weight excluding hydrogens is 358 g/mol. The number of carbonyl (C=O) groups excluding carboxylic acids is 1. The molecule has 1 aromatic carbocycles. The van der Waals surface area contributed by atoms with Crippen molar-refractivity contribution in [2.75, 3.05) is 19.6 Å². The fraction of sp³-hybridized carbons (Fsp3) is 0.524. The molecule has 0 bridgehead atoms. The van der Waals surface area contributed by atoms with Gasteiger partial charge in [0.25, 0.3) is 0 Å². The highest BCUT2D eigenvalue weighted by Gasteiger charge is 2.28. The third kappa shape index (κ3) is 4.93. The Bertz CT molecular complexity index is 819. The molecule has 1 aliphatic rings. The minimum absolute atomic E-state index is 0.212. The van der Waals surface area contributed by atoms with E-state index in [0.29, 0.717) is 6.54 Å². The van der Waals surface area contributed by atoms with Gasteiger partial charge in [0.1, 0.15) is 5.60 Å². The average Bonchev–Trinajstić information content (AvgIpc) is 2.78. The predicted octanol–water partition coefficient (Wildman–Crippen LogP) is 4.88. The Hall–Kier alpha value is -1.79. The largest absolute Gasteiger partial charge is 0.444 e. The van der Waals surface area contributed by atoms with Crippen LogP contribution in [0, 0.1) is 6.92 Å². The van der Waals surface area contributed by atoms with Crippen LogP contribution in [0.25, 0.3) is 10.8 Å². The van der Waals surface area contributed by atoms with E-state index in [4.69, 9.17) is 4.74 Å². The van der Waals surface area contributed by atoms with E-state index in [0.717, 1.165) is 19.5 Å². The fourth-order valence-electron chi connectivity index (χ4n) is 3.30. The molecule has 0 radical (unpaired) electrons. The van der Waals surface area contributed by atoms with Crippen LogP contribution in [0.2, 0.25) is 0 Å². The zero-order chi connectivity index (χ0) is 19.6. The van der Waals surface area contributed by atoms with Crippen LogP contribution in [0.3, 0.4) is 0 Å². The summed E-state index contributed by atoms with van der Waals surface area (Å²) in [6, 6.07) is 6.63. The van der Waals surface area contributed by atoms with E-state index in [2.05, 4.69) is 41.3 Å². The first-order valence-electron chi connectivity index (χ1n) is 9.50. The van der Waals surface area contributed by atoms with Crippen LogP contribution >= 0.6 is 11.9 Å². The van der Waals surface area contributed by atoms with Gasteiger partial charge in [-0.25, -0.2) is 9.10 Å². The van der Waals surface area contributed by atoms with Crippen LogP contribution < -0.4 is 0 Å². The average molecular weight is 388 g/mol. The molecule has 0 unspecified atom stereocenters. The lowest BCUT2D eigenvalue weighted by atomic mass is 10.1. The van der Waals surface area contributed by atoms with Gasteiger partial charge in [-0.15, -0.1) is 0 Å². The Balaban J connectivity index is 1.71. The molecule has 146 valence electrons. The normalized spacial score (nSPS) is 19.1. The summed E-state index contributed by atoms with van der Waals surface area (Å²) in [5, 5.41) is 2.41. The highest BCUT2D eigenvalue weighted by atomic mass is 32.2. The highest BCUT2D eigenvalue weighted by molar-refractivity contribution is 7.97. The molecule has 0 N–H and O–H groups in total. The lowest BCUT2D eigenvalue weighted by molar-refractivity contribution is 0.0245. The van der Waals surface area contributed by atoms with Crippen LogP contribution in [0.4, 0.5) is 4.79 Å². The summed E-state index contributed by atoms with van der Waals surface area (Å²) in [5.74, 6) is 0. The van der Waals surface area contributed by atoms with Gasteiger partial charge in [0.05, 0.1) is 0 Å². The maximum atomic E-state index is 12.5. The van der Waals surface area contributed by atoms with Crippen molar-refractivity contribution < 1.29 is 9.53 Å². The molecule has 5 nitrogen and oxygen atoms in total. The number of ether oxygens (including phenoxy) is 1. The number of fused-ring (bicyclic) bond motifs is 1. The minimum atomic E-state index is -0.460. The molecule has 1 atom stereocenters. The van der Waals surface area contributed by atoms with Gasteiger partial charge in [0, 0.05) is 48.4 Å². The third-order valence-electron chi connectivity index (χ3n) is 4.69. The summed E-state index contributed by atoms with van der Waals surface area (Å²) >= 11 is 1.79. The molecule has 1 amide bonds. The number of aromatic nitrogens is 1. The lowest BCUT2D eigenvalue weighted by Crippen LogP contribution is -2.41. The molecule has 1 fully saturated rings. The number of hydrogen-bond donors (Lipinski definition) is 0. The number of amides is 1. The van der Waals surface area contributed by atoms with Crippen molar-refractivity contribution in [1.82, 2.24) is 14.2 Å². The molecule has 2 heterocycles. The van der Waals surface area contributed by atoms with Crippen molar-refractivity contribution in [2.24, 2.45) is 0 Å². The van der Waals surface area contributed by atoms with E-state index in [-0.39, 0.29) is 12.1 Å². The SMILES string of the molecule is Cc1c(SN2CCCN(C(=O)OC(C)(C)C)C[C@@H]2C)ccc2cnccc12. The zero-order valence-electron chi connectivity index (χ0n) is 16.9. The van der Waals surface area contributed by atoms with E-state index >= 15 is 0 Å². The van der Waals surface area contributed by atoms with Gasteiger partial charge in [-0.05, 0) is 76.1 Å². The summed E-state index contributed by atoms with van der Waals surface area (Å²) in [6.45, 7) is 12.4. The number of benzene rings is 1. The summed E-state index contributed by atoms with van der Waals surface area (Å²) < 4.78 is 7.95. The van der Waals surface area contributed by atoms with E-state index < -0.39 is 5.60 Å². The van der Waals surface area contributed by atoms with E-state index in [1.54, 1.807) is 11.9 Å². The Labute approximate surface area is 166 Å². The second-order valence-electron chi connectivity index (χ2n) is 8.15. The van der Waals surface area contributed by atoms with E-state index in [9.17, 15) is 4.79 Å². The van der Waals surface area contributed by atoms with Gasteiger partial charge in [-0.3, -0.25) is 4.98 Å². The molecule has 2 aromatic rings. The van der Waals surface area contributed by atoms with Crippen LogP contribution in [-0.2, 0) is 4.74 Å². The first kappa shape index (κ1) is 20.0. The molecule has 1 aliphatic heterocycles. The lowest BCUT2D eigenvalue weighted by Gasteiger charge is -2.30. The third-order valence-corrected chi connectivity index (χ3v) is 6.11. The number of pyridine rings is 1. The maximum absolute atomic E-state index is 12.5. The number of carbonyl (C=O) groups is 1. The van der Waals surface area contributed by atoms with Gasteiger partial charge < -0.3 is 9.64 Å². The van der Waals surface area contributed by atoms with Crippen molar-refractivity contribution in [3.05, 3.63) is 36.2 Å². The van der Waals surface area contributed by atoms with Gasteiger partial charge in [0.15, 0.2) is 0 Å². The number of nitrogens with zero attached hydrogens (tertiary/aromatic N) is 3. The topological polar surface area (TPSA) is 45.7 Å². The van der Waals surface area contributed by atoms with Gasteiger partial charge in [-0.2, -0.15) is 0 Å². The molecule has 0 aliphatic carbocycles. The Kier molecular flexibility index (Phi) is 5.96. The van der Waals surface area contributed by atoms with E-state index in [1.165, 1.54) is 21.2 Å². The van der Waals surface area contributed by atoms with Crippen LogP contribution in [0.15, 0.2) is 35.5 Å². The van der Waals surface area contributed by atoms with Crippen LogP contribution in [-0.4, -0.2) is 51.6 Å². The summed E-state index contributed by atoms with van der Waals surface area (Å²) in [7, 11) is 0. The monoisotopic (exact) mass is 387 g/mol. The van der Waals surface area contributed by atoms with Crippen LogP contribution in [0.5, 0.6) is 0 Å². The minimum Gasteiger partial charge on any atom is -0.444 e. The number of hydrogen-bond acceptors (Lipinski definition) is 5. The zero-order valence-corrected chi connectivity index (χ0v) is 17.7. The van der Waals surface area contributed by atoms with E-state index in [1.807, 2.05) is 38.1 Å². The first-order chi connectivity index (χ1) is 12.7. The standard InChI is InChI=1S/C21H29N3O2S/c1-15-14-23(20(25)26-21(3,4)5)11-6-12-24(15)27-19-8-7-17-13-22-10-9-18(17)16(19)2/h7-10,13,15H,6,11-12,14H2,1-5H3/t15-/m0/s1. The molecule has 3 rings (SSSR count). The van der Waals surface area contributed by atoms with Crippen molar-refractivity contribution in [2.45, 2.75) is 57.6 Å². The van der Waals surface area contributed by atoms with Crippen molar-refractivity contribution in [1.29, 1.82) is 0 Å². The summed E-state index contributed by atoms with van der Waals surface area (Å²) in [5.41, 5.74) is 0.818. The van der Waals surface area contributed by atoms with Crippen molar-refractivity contribution in [3.63, 3.8) is 0 Å².